The second-order valence-corrected chi connectivity index (χ2v) is 14.6. The Kier molecular flexibility index (Phi) is 10.7. The fourth-order valence-electron chi connectivity index (χ4n) is 8.26. The molecule has 4 fully saturated rings. The average Bonchev–Trinajstić information content (AvgIpc) is 3.39. The van der Waals surface area contributed by atoms with Crippen LogP contribution in [-0.2, 0) is 16.2 Å². The van der Waals surface area contributed by atoms with E-state index in [1.165, 1.54) is 6.42 Å². The number of para-hydroxylation sites is 1. The summed E-state index contributed by atoms with van der Waals surface area (Å²) in [6.07, 6.45) is 0.484. The molecule has 254 valence electrons. The highest BCUT2D eigenvalue weighted by Gasteiger charge is 2.57. The highest BCUT2D eigenvalue weighted by molar-refractivity contribution is 6.33. The summed E-state index contributed by atoms with van der Waals surface area (Å²) < 4.78 is 5.94. The van der Waals surface area contributed by atoms with Gasteiger partial charge in [-0.2, -0.15) is 5.06 Å². The van der Waals surface area contributed by atoms with Crippen molar-refractivity contribution < 1.29 is 29.4 Å². The van der Waals surface area contributed by atoms with E-state index in [0.29, 0.717) is 53.2 Å². The van der Waals surface area contributed by atoms with E-state index in [0.717, 1.165) is 17.5 Å². The minimum atomic E-state index is -0.896. The molecule has 3 aliphatic carbocycles. The predicted octanol–water partition coefficient (Wildman–Crippen LogP) is 2.11. The van der Waals surface area contributed by atoms with Crippen LogP contribution in [0.15, 0.2) is 36.4 Å². The second kappa shape index (κ2) is 14.3. The molecule has 2 bridgehead atoms. The quantitative estimate of drug-likeness (QED) is 0.259. The molecule has 1 unspecified atom stereocenters. The summed E-state index contributed by atoms with van der Waals surface area (Å²) >= 11 is 0. The van der Waals surface area contributed by atoms with Gasteiger partial charge in [0.15, 0.2) is 0 Å². The van der Waals surface area contributed by atoms with Crippen molar-refractivity contribution in [2.45, 2.75) is 71.4 Å². The lowest BCUT2D eigenvalue weighted by molar-refractivity contribution is -0.183. The number of methoxy groups -OCH3 is 1. The summed E-state index contributed by atoms with van der Waals surface area (Å²) in [7, 11) is 11.7. The zero-order chi connectivity index (χ0) is 34.2. The molecule has 1 aliphatic heterocycles. The number of amides is 2. The number of fused-ring (bicyclic) bond motifs is 2. The van der Waals surface area contributed by atoms with Gasteiger partial charge in [-0.3, -0.25) is 14.4 Å². The minimum absolute atomic E-state index is 0.0413. The molecule has 11 heteroatoms. The van der Waals surface area contributed by atoms with Gasteiger partial charge in [-0.1, -0.05) is 56.6 Å². The summed E-state index contributed by atoms with van der Waals surface area (Å²) in [5.41, 5.74) is 3.34. The van der Waals surface area contributed by atoms with Crippen LogP contribution in [0.25, 0.3) is 11.1 Å². The molecule has 1 saturated heterocycles. The normalized spacial score (nSPS) is 28.9. The van der Waals surface area contributed by atoms with Crippen molar-refractivity contribution in [3.63, 3.8) is 0 Å². The Balaban J connectivity index is 1.41. The SMILES string of the molecule is [B]c1cc(C(=O)NCCN(C)C)cc(-c2cccc(CN3O[C@@H](CO)[C@@H]([C@H](C)O)C3C(=O)N[C@H]3C[C@H]4C[C@@H]([C@@H]3C)C4(C)C)c2OC)c1. The van der Waals surface area contributed by atoms with E-state index in [2.05, 4.69) is 31.4 Å². The summed E-state index contributed by atoms with van der Waals surface area (Å²) in [5, 5.41) is 28.9. The van der Waals surface area contributed by atoms with Crippen LogP contribution in [0.2, 0.25) is 0 Å². The number of nitrogens with one attached hydrogen (secondary N) is 2. The Bertz CT molecular complexity index is 1450. The molecule has 2 aromatic carbocycles. The summed E-state index contributed by atoms with van der Waals surface area (Å²) in [5.74, 6) is 0.949. The van der Waals surface area contributed by atoms with E-state index in [4.69, 9.17) is 17.4 Å². The molecule has 2 radical (unpaired) electrons. The molecule has 1 heterocycles. The number of likely N-dealkylation sites (N-methyl/N-ethyl adjacent to an activating group) is 1. The third-order valence-electron chi connectivity index (χ3n) is 11.1. The van der Waals surface area contributed by atoms with Crippen LogP contribution >= 0.6 is 0 Å². The smallest absolute Gasteiger partial charge is 0.251 e. The number of ether oxygens (including phenoxy) is 1. The average molecular weight is 647 g/mol. The highest BCUT2D eigenvalue weighted by Crippen LogP contribution is 2.61. The number of aliphatic hydroxyl groups excluding tert-OH is 2. The summed E-state index contributed by atoms with van der Waals surface area (Å²) in [6, 6.07) is 10.1. The van der Waals surface area contributed by atoms with Crippen molar-refractivity contribution in [2.24, 2.45) is 29.1 Å². The molecule has 4 aliphatic rings. The van der Waals surface area contributed by atoms with Crippen molar-refractivity contribution in [2.75, 3.05) is 40.9 Å². The molecular weight excluding hydrogens is 595 g/mol. The van der Waals surface area contributed by atoms with Gasteiger partial charge in [-0.25, -0.2) is 0 Å². The third-order valence-corrected chi connectivity index (χ3v) is 11.1. The maximum atomic E-state index is 14.1. The standard InChI is InChI=1S/C36H51BN4O6/c1-20-28-16-25(36(28,3)4)17-29(20)39-35(45)32-31(21(2)43)30(19-42)47-41(32)18-22-9-8-10-27(33(22)46-7)23-13-24(15-26(37)14-23)34(44)38-11-12-40(5)6/h8-10,13-15,20-21,25,28-32,42-43H,11-12,16-19H2,1-7H3,(H,38,44)(H,39,45)/t20-,21-,25+,28-,29-,30-,31+,32?/m0/s1. The van der Waals surface area contributed by atoms with Crippen molar-refractivity contribution in [3.8, 4) is 16.9 Å². The van der Waals surface area contributed by atoms with E-state index in [1.54, 1.807) is 37.3 Å². The van der Waals surface area contributed by atoms with Crippen LogP contribution in [0, 0.1) is 29.1 Å². The number of carbonyl (C=O) groups excluding carboxylic acids is 2. The minimum Gasteiger partial charge on any atom is -0.496 e. The van der Waals surface area contributed by atoms with Crippen LogP contribution in [-0.4, -0.2) is 105 Å². The van der Waals surface area contributed by atoms with Gasteiger partial charge in [0.05, 0.1) is 26.4 Å². The number of aliphatic hydroxyl groups is 2. The van der Waals surface area contributed by atoms with E-state index < -0.39 is 24.2 Å². The molecule has 10 nitrogen and oxygen atoms in total. The van der Waals surface area contributed by atoms with E-state index in [1.807, 2.05) is 37.2 Å². The largest absolute Gasteiger partial charge is 0.496 e. The molecule has 8 atom stereocenters. The molecular formula is C36H51BN4O6. The van der Waals surface area contributed by atoms with Crippen molar-refractivity contribution >= 4 is 25.1 Å². The fourth-order valence-corrected chi connectivity index (χ4v) is 8.26. The lowest BCUT2D eigenvalue weighted by Crippen LogP contribution is -2.62. The Morgan fingerprint density at radius 2 is 1.96 bits per heavy atom. The van der Waals surface area contributed by atoms with Gasteiger partial charge in [0, 0.05) is 41.7 Å². The lowest BCUT2D eigenvalue weighted by Gasteiger charge is -2.62. The number of nitrogens with zero attached hydrogens (tertiary/aromatic N) is 2. The van der Waals surface area contributed by atoms with Gasteiger partial charge in [0.1, 0.15) is 25.7 Å². The second-order valence-electron chi connectivity index (χ2n) is 14.6. The number of carbonyl (C=O) groups is 2. The first-order valence-electron chi connectivity index (χ1n) is 16.8. The highest BCUT2D eigenvalue weighted by atomic mass is 16.7. The molecule has 2 amide bonds. The first-order valence-corrected chi connectivity index (χ1v) is 16.8. The monoisotopic (exact) mass is 646 g/mol. The summed E-state index contributed by atoms with van der Waals surface area (Å²) in [4.78, 5) is 35.2. The van der Waals surface area contributed by atoms with Gasteiger partial charge in [-0.15, -0.1) is 0 Å². The van der Waals surface area contributed by atoms with E-state index in [-0.39, 0.29) is 36.4 Å². The third kappa shape index (κ3) is 7.10. The van der Waals surface area contributed by atoms with Crippen molar-refractivity contribution in [1.29, 1.82) is 0 Å². The predicted molar refractivity (Wildman–Crippen MR) is 182 cm³/mol. The van der Waals surface area contributed by atoms with E-state index >= 15 is 0 Å². The van der Waals surface area contributed by atoms with E-state index in [9.17, 15) is 19.8 Å². The lowest BCUT2D eigenvalue weighted by atomic mass is 9.45. The van der Waals surface area contributed by atoms with Crippen LogP contribution in [0.5, 0.6) is 5.75 Å². The molecule has 47 heavy (non-hydrogen) atoms. The number of rotatable bonds is 12. The van der Waals surface area contributed by atoms with Gasteiger partial charge in [-0.05, 0) is 68.7 Å². The van der Waals surface area contributed by atoms with Crippen molar-refractivity contribution in [3.05, 3.63) is 47.5 Å². The molecule has 0 aromatic heterocycles. The van der Waals surface area contributed by atoms with Crippen LogP contribution in [0.3, 0.4) is 0 Å². The van der Waals surface area contributed by atoms with Gasteiger partial charge >= 0.3 is 0 Å². The van der Waals surface area contributed by atoms with Crippen LogP contribution < -0.4 is 20.8 Å². The first-order chi connectivity index (χ1) is 22.3. The summed E-state index contributed by atoms with van der Waals surface area (Å²) in [6.45, 7) is 9.55. The van der Waals surface area contributed by atoms with Gasteiger partial charge in [0.2, 0.25) is 5.91 Å². The fraction of sp³-hybridized carbons (Fsp3) is 0.611. The van der Waals surface area contributed by atoms with Crippen LogP contribution in [0.4, 0.5) is 0 Å². The Morgan fingerprint density at radius 3 is 2.57 bits per heavy atom. The molecule has 4 N–H and O–H groups in total. The van der Waals surface area contributed by atoms with Crippen molar-refractivity contribution in [1.82, 2.24) is 20.6 Å². The Labute approximate surface area is 280 Å². The Morgan fingerprint density at radius 1 is 1.21 bits per heavy atom. The van der Waals surface area contributed by atoms with Gasteiger partial charge in [0.25, 0.3) is 5.91 Å². The topological polar surface area (TPSA) is 124 Å². The molecule has 2 aromatic rings. The maximum absolute atomic E-state index is 14.1. The van der Waals surface area contributed by atoms with Gasteiger partial charge < -0.3 is 30.5 Å². The molecule has 0 spiro atoms. The first kappa shape index (κ1) is 35.4. The number of hydroxylamine groups is 2. The molecule has 3 saturated carbocycles. The number of hydrogen-bond acceptors (Lipinski definition) is 8. The zero-order valence-corrected chi connectivity index (χ0v) is 28.8. The molecule has 6 rings (SSSR count). The Hall–Kier alpha value is -2.96. The maximum Gasteiger partial charge on any atom is 0.251 e. The zero-order valence-electron chi connectivity index (χ0n) is 28.8. The number of benzene rings is 2. The van der Waals surface area contributed by atoms with Crippen LogP contribution in [0.1, 0.15) is 56.5 Å². The number of hydrogen-bond donors (Lipinski definition) is 4.